The van der Waals surface area contributed by atoms with Crippen LogP contribution in [0.4, 0.5) is 11.5 Å². The largest absolute Gasteiger partial charge is 0.379 e. The molecule has 0 unspecified atom stereocenters. The van der Waals surface area contributed by atoms with Gasteiger partial charge in [-0.1, -0.05) is 18.2 Å². The van der Waals surface area contributed by atoms with Crippen LogP contribution < -0.4 is 15.1 Å². The van der Waals surface area contributed by atoms with Crippen molar-refractivity contribution in [2.75, 3.05) is 75.4 Å². The summed E-state index contributed by atoms with van der Waals surface area (Å²) in [5.41, 5.74) is 2.23. The molecule has 0 aliphatic carbocycles. The molecular formula is C24H30N6O2S. The molecule has 0 radical (unpaired) electrons. The standard InChI is InChI=1S/C24H30N6O2S/c1-18-20-22(30-11-9-29(10-12-30)19-5-3-2-4-6-19)26-17-27-24(20)33-21(18)23(31)25-7-8-28-13-15-32-16-14-28/h2-6,17H,7-16H2,1H3,(H,25,31). The molecule has 0 spiro atoms. The lowest BCUT2D eigenvalue weighted by Gasteiger charge is -2.37. The van der Waals surface area contributed by atoms with E-state index < -0.39 is 0 Å². The first-order chi connectivity index (χ1) is 16.2. The first kappa shape index (κ1) is 22.1. The predicted molar refractivity (Wildman–Crippen MR) is 133 cm³/mol. The number of benzene rings is 1. The number of rotatable bonds is 6. The van der Waals surface area contributed by atoms with Crippen molar-refractivity contribution < 1.29 is 9.53 Å². The molecule has 1 amide bonds. The Hall–Kier alpha value is -2.75. The van der Waals surface area contributed by atoms with Crippen LogP contribution in [0.5, 0.6) is 0 Å². The van der Waals surface area contributed by atoms with Crippen LogP contribution >= 0.6 is 11.3 Å². The Balaban J connectivity index is 1.27. The number of para-hydroxylation sites is 1. The lowest BCUT2D eigenvalue weighted by atomic mass is 10.1. The molecule has 174 valence electrons. The van der Waals surface area contributed by atoms with Gasteiger partial charge in [0.2, 0.25) is 0 Å². The van der Waals surface area contributed by atoms with Crippen LogP contribution in [0, 0.1) is 6.92 Å². The van der Waals surface area contributed by atoms with E-state index in [4.69, 9.17) is 4.74 Å². The third-order valence-corrected chi connectivity index (χ3v) is 7.63. The number of aromatic nitrogens is 2. The minimum Gasteiger partial charge on any atom is -0.379 e. The Bertz CT molecular complexity index is 1090. The average Bonchev–Trinajstić information content (AvgIpc) is 3.22. The molecule has 9 heteroatoms. The van der Waals surface area contributed by atoms with Crippen LogP contribution in [0.3, 0.4) is 0 Å². The first-order valence-corrected chi connectivity index (χ1v) is 12.4. The second-order valence-corrected chi connectivity index (χ2v) is 9.45. The summed E-state index contributed by atoms with van der Waals surface area (Å²) in [6, 6.07) is 10.5. The molecule has 33 heavy (non-hydrogen) atoms. The average molecular weight is 467 g/mol. The molecule has 0 bridgehead atoms. The SMILES string of the molecule is Cc1c(C(=O)NCCN2CCOCC2)sc2ncnc(N3CCN(c4ccccc4)CC3)c12. The van der Waals surface area contributed by atoms with Crippen molar-refractivity contribution in [2.45, 2.75) is 6.92 Å². The van der Waals surface area contributed by atoms with Gasteiger partial charge in [0.05, 0.1) is 23.5 Å². The van der Waals surface area contributed by atoms with Crippen molar-refractivity contribution in [1.29, 1.82) is 0 Å². The van der Waals surface area contributed by atoms with E-state index in [0.29, 0.717) is 6.54 Å². The topological polar surface area (TPSA) is 73.8 Å². The predicted octanol–water partition coefficient (Wildman–Crippen LogP) is 2.39. The van der Waals surface area contributed by atoms with E-state index in [2.05, 4.69) is 54.2 Å². The number of piperazine rings is 1. The number of ether oxygens (including phenoxy) is 1. The number of hydrogen-bond donors (Lipinski definition) is 1. The number of aryl methyl sites for hydroxylation is 1. The summed E-state index contributed by atoms with van der Waals surface area (Å²) in [4.78, 5) is 30.7. The summed E-state index contributed by atoms with van der Waals surface area (Å²) >= 11 is 1.46. The number of fused-ring (bicyclic) bond motifs is 1. The maximum Gasteiger partial charge on any atom is 0.261 e. The van der Waals surface area contributed by atoms with Gasteiger partial charge in [0.25, 0.3) is 5.91 Å². The third kappa shape index (κ3) is 4.80. The molecule has 2 fully saturated rings. The normalized spacial score (nSPS) is 17.5. The number of thiophene rings is 1. The molecule has 2 aliphatic rings. The highest BCUT2D eigenvalue weighted by atomic mass is 32.1. The number of anilines is 2. The first-order valence-electron chi connectivity index (χ1n) is 11.6. The van der Waals surface area contributed by atoms with Gasteiger partial charge in [0.1, 0.15) is 17.0 Å². The molecule has 5 rings (SSSR count). The third-order valence-electron chi connectivity index (χ3n) is 6.43. The van der Waals surface area contributed by atoms with E-state index in [0.717, 1.165) is 85.5 Å². The Labute approximate surface area is 198 Å². The van der Waals surface area contributed by atoms with Crippen molar-refractivity contribution in [3.05, 3.63) is 47.1 Å². The van der Waals surface area contributed by atoms with Crippen molar-refractivity contribution in [3.8, 4) is 0 Å². The molecule has 2 saturated heterocycles. The van der Waals surface area contributed by atoms with Gasteiger partial charge in [0, 0.05) is 58.0 Å². The molecule has 1 aromatic carbocycles. The zero-order valence-corrected chi connectivity index (χ0v) is 19.8. The fourth-order valence-corrected chi connectivity index (χ4v) is 5.62. The highest BCUT2D eigenvalue weighted by molar-refractivity contribution is 7.20. The minimum absolute atomic E-state index is 0.0244. The van der Waals surface area contributed by atoms with Crippen LogP contribution in [-0.2, 0) is 4.74 Å². The Morgan fingerprint density at radius 1 is 1.03 bits per heavy atom. The number of amides is 1. The van der Waals surface area contributed by atoms with Gasteiger partial charge in [-0.05, 0) is 24.6 Å². The van der Waals surface area contributed by atoms with Crippen molar-refractivity contribution in [2.24, 2.45) is 0 Å². The number of morpholine rings is 1. The fourth-order valence-electron chi connectivity index (χ4n) is 4.56. The van der Waals surface area contributed by atoms with Crippen molar-refractivity contribution >= 4 is 39.0 Å². The lowest BCUT2D eigenvalue weighted by molar-refractivity contribution is 0.0383. The zero-order valence-electron chi connectivity index (χ0n) is 19.0. The van der Waals surface area contributed by atoms with Crippen LogP contribution in [0.2, 0.25) is 0 Å². The fraction of sp³-hybridized carbons (Fsp3) is 0.458. The summed E-state index contributed by atoms with van der Waals surface area (Å²) in [6.07, 6.45) is 1.62. The van der Waals surface area contributed by atoms with Gasteiger partial charge in [-0.25, -0.2) is 9.97 Å². The molecule has 4 heterocycles. The van der Waals surface area contributed by atoms with Crippen molar-refractivity contribution in [1.82, 2.24) is 20.2 Å². The van der Waals surface area contributed by atoms with E-state index in [1.54, 1.807) is 6.33 Å². The smallest absolute Gasteiger partial charge is 0.261 e. The molecule has 1 N–H and O–H groups in total. The van der Waals surface area contributed by atoms with Crippen LogP contribution in [0.25, 0.3) is 10.2 Å². The monoisotopic (exact) mass is 466 g/mol. The van der Waals surface area contributed by atoms with Gasteiger partial charge in [-0.2, -0.15) is 0 Å². The molecule has 3 aromatic rings. The summed E-state index contributed by atoms with van der Waals surface area (Å²) in [5.74, 6) is 0.914. The Morgan fingerprint density at radius 2 is 1.76 bits per heavy atom. The highest BCUT2D eigenvalue weighted by Crippen LogP contribution is 2.35. The lowest BCUT2D eigenvalue weighted by Crippen LogP contribution is -2.46. The molecule has 8 nitrogen and oxygen atoms in total. The van der Waals surface area contributed by atoms with Gasteiger partial charge < -0.3 is 19.9 Å². The maximum atomic E-state index is 13.0. The van der Waals surface area contributed by atoms with Gasteiger partial charge in [0.15, 0.2) is 0 Å². The molecule has 0 atom stereocenters. The van der Waals surface area contributed by atoms with Gasteiger partial charge >= 0.3 is 0 Å². The van der Waals surface area contributed by atoms with E-state index in [9.17, 15) is 4.79 Å². The van der Waals surface area contributed by atoms with Crippen LogP contribution in [0.1, 0.15) is 15.2 Å². The summed E-state index contributed by atoms with van der Waals surface area (Å²) in [6.45, 7) is 10.5. The second-order valence-electron chi connectivity index (χ2n) is 8.45. The van der Waals surface area contributed by atoms with Crippen LogP contribution in [0.15, 0.2) is 36.7 Å². The number of nitrogens with zero attached hydrogens (tertiary/aromatic N) is 5. The van der Waals surface area contributed by atoms with Crippen molar-refractivity contribution in [3.63, 3.8) is 0 Å². The van der Waals surface area contributed by atoms with E-state index in [1.807, 2.05) is 13.0 Å². The summed E-state index contributed by atoms with van der Waals surface area (Å²) < 4.78 is 5.39. The Kier molecular flexibility index (Phi) is 6.70. The minimum atomic E-state index is -0.0244. The highest BCUT2D eigenvalue weighted by Gasteiger charge is 2.24. The van der Waals surface area contributed by atoms with E-state index >= 15 is 0 Å². The summed E-state index contributed by atoms with van der Waals surface area (Å²) in [7, 11) is 0. The summed E-state index contributed by atoms with van der Waals surface area (Å²) in [5, 5.41) is 4.10. The zero-order chi connectivity index (χ0) is 22.6. The number of carbonyl (C=O) groups excluding carboxylic acids is 1. The Morgan fingerprint density at radius 3 is 2.52 bits per heavy atom. The second kappa shape index (κ2) is 10.0. The number of carbonyl (C=O) groups is 1. The van der Waals surface area contributed by atoms with E-state index in [-0.39, 0.29) is 5.91 Å². The van der Waals surface area contributed by atoms with Gasteiger partial charge in [-0.15, -0.1) is 11.3 Å². The maximum absolute atomic E-state index is 13.0. The quantitative estimate of drug-likeness (QED) is 0.598. The van der Waals surface area contributed by atoms with E-state index in [1.165, 1.54) is 17.0 Å². The number of hydrogen-bond acceptors (Lipinski definition) is 8. The molecule has 0 saturated carbocycles. The molecular weight excluding hydrogens is 436 g/mol. The molecule has 2 aliphatic heterocycles. The molecule has 2 aromatic heterocycles. The van der Waals surface area contributed by atoms with Gasteiger partial charge in [-0.3, -0.25) is 9.69 Å². The number of nitrogens with one attached hydrogen (secondary N) is 1. The van der Waals surface area contributed by atoms with Crippen LogP contribution in [-0.4, -0.2) is 86.3 Å².